The molecule has 4 rings (SSSR count). The SMILES string of the molecule is CCc1ccc(-n2cc(C)c(-c3ccc(-n4cc(C)ccc4=O)cc3)cc2=O)cc1. The second kappa shape index (κ2) is 7.99. The fourth-order valence-electron chi connectivity index (χ4n) is 3.64. The van der Waals surface area contributed by atoms with Crippen molar-refractivity contribution in [3.05, 3.63) is 117 Å². The summed E-state index contributed by atoms with van der Waals surface area (Å²) in [6.45, 7) is 6.07. The maximum absolute atomic E-state index is 12.8. The Kier molecular flexibility index (Phi) is 5.23. The summed E-state index contributed by atoms with van der Waals surface area (Å²) in [4.78, 5) is 25.0. The number of nitrogens with zero attached hydrogens (tertiary/aromatic N) is 2. The molecule has 150 valence electrons. The monoisotopic (exact) mass is 396 g/mol. The van der Waals surface area contributed by atoms with E-state index in [-0.39, 0.29) is 11.1 Å². The summed E-state index contributed by atoms with van der Waals surface area (Å²) in [6.07, 6.45) is 4.68. The summed E-state index contributed by atoms with van der Waals surface area (Å²) in [5.41, 5.74) is 6.63. The van der Waals surface area contributed by atoms with Gasteiger partial charge in [-0.2, -0.15) is 0 Å². The van der Waals surface area contributed by atoms with E-state index in [1.54, 1.807) is 27.3 Å². The number of hydrogen-bond donors (Lipinski definition) is 0. The molecule has 4 aromatic rings. The molecule has 0 aliphatic rings. The highest BCUT2D eigenvalue weighted by atomic mass is 16.1. The molecular formula is C26H24N2O2. The van der Waals surface area contributed by atoms with Crippen LogP contribution in [0.2, 0.25) is 0 Å². The predicted molar refractivity (Wildman–Crippen MR) is 122 cm³/mol. The Bertz CT molecular complexity index is 1310. The van der Waals surface area contributed by atoms with Crippen molar-refractivity contribution >= 4 is 0 Å². The van der Waals surface area contributed by atoms with Crippen LogP contribution in [0.1, 0.15) is 23.6 Å². The third-order valence-electron chi connectivity index (χ3n) is 5.39. The van der Waals surface area contributed by atoms with Crippen LogP contribution in [0.4, 0.5) is 0 Å². The smallest absolute Gasteiger partial charge is 0.255 e. The summed E-state index contributed by atoms with van der Waals surface area (Å²) < 4.78 is 3.31. The van der Waals surface area contributed by atoms with Gasteiger partial charge in [0.05, 0.1) is 0 Å². The topological polar surface area (TPSA) is 44.0 Å². The molecule has 0 radical (unpaired) electrons. The first-order valence-electron chi connectivity index (χ1n) is 10.1. The van der Waals surface area contributed by atoms with E-state index >= 15 is 0 Å². The van der Waals surface area contributed by atoms with Crippen LogP contribution in [-0.4, -0.2) is 9.13 Å². The molecule has 0 amide bonds. The molecule has 4 heteroatoms. The van der Waals surface area contributed by atoms with Crippen molar-refractivity contribution in [3.63, 3.8) is 0 Å². The number of rotatable bonds is 4. The van der Waals surface area contributed by atoms with E-state index in [1.165, 1.54) is 5.56 Å². The molecule has 0 atom stereocenters. The third kappa shape index (κ3) is 3.77. The second-order valence-electron chi connectivity index (χ2n) is 7.56. The first-order chi connectivity index (χ1) is 14.5. The maximum Gasteiger partial charge on any atom is 0.255 e. The number of aromatic nitrogens is 2. The van der Waals surface area contributed by atoms with Crippen molar-refractivity contribution in [2.75, 3.05) is 0 Å². The normalized spacial score (nSPS) is 10.9. The zero-order valence-corrected chi connectivity index (χ0v) is 17.4. The Morgan fingerprint density at radius 2 is 1.30 bits per heavy atom. The molecule has 4 nitrogen and oxygen atoms in total. The van der Waals surface area contributed by atoms with Crippen LogP contribution in [0.5, 0.6) is 0 Å². The standard InChI is InChI=1S/C26H24N2O2/c1-4-20-6-10-22(11-7-20)28-17-19(3)24(15-26(28)30)21-8-12-23(13-9-21)27-16-18(2)5-14-25(27)29/h5-17H,4H2,1-3H3. The molecular weight excluding hydrogens is 372 g/mol. The summed E-state index contributed by atoms with van der Waals surface area (Å²) in [5, 5.41) is 0. The van der Waals surface area contributed by atoms with E-state index in [4.69, 9.17) is 0 Å². The zero-order chi connectivity index (χ0) is 21.3. The van der Waals surface area contributed by atoms with Crippen LogP contribution in [-0.2, 0) is 6.42 Å². The molecule has 0 spiro atoms. The molecule has 0 bridgehead atoms. The summed E-state index contributed by atoms with van der Waals surface area (Å²) in [7, 11) is 0. The molecule has 0 aliphatic heterocycles. The van der Waals surface area contributed by atoms with Gasteiger partial charge in [-0.15, -0.1) is 0 Å². The van der Waals surface area contributed by atoms with Crippen molar-refractivity contribution in [1.29, 1.82) is 0 Å². The van der Waals surface area contributed by atoms with E-state index in [0.29, 0.717) is 0 Å². The van der Waals surface area contributed by atoms with Gasteiger partial charge in [-0.1, -0.05) is 37.3 Å². The minimum Gasteiger partial charge on any atom is -0.284 e. The number of hydrogen-bond acceptors (Lipinski definition) is 2. The van der Waals surface area contributed by atoms with Gasteiger partial charge in [-0.25, -0.2) is 0 Å². The lowest BCUT2D eigenvalue weighted by Gasteiger charge is -2.12. The molecule has 2 heterocycles. The minimum absolute atomic E-state index is 0.0683. The van der Waals surface area contributed by atoms with Gasteiger partial charge in [0.2, 0.25) is 0 Å². The minimum atomic E-state index is -0.0705. The first kappa shape index (κ1) is 19.6. The Balaban J connectivity index is 1.70. The number of pyridine rings is 2. The van der Waals surface area contributed by atoms with Crippen LogP contribution in [0.3, 0.4) is 0 Å². The Hall–Kier alpha value is -3.66. The van der Waals surface area contributed by atoms with Gasteiger partial charge >= 0.3 is 0 Å². The highest BCUT2D eigenvalue weighted by molar-refractivity contribution is 5.68. The largest absolute Gasteiger partial charge is 0.284 e. The third-order valence-corrected chi connectivity index (χ3v) is 5.39. The van der Waals surface area contributed by atoms with E-state index < -0.39 is 0 Å². The van der Waals surface area contributed by atoms with Gasteiger partial charge in [-0.3, -0.25) is 18.7 Å². The van der Waals surface area contributed by atoms with Crippen molar-refractivity contribution in [2.45, 2.75) is 27.2 Å². The molecule has 2 aromatic heterocycles. The summed E-state index contributed by atoms with van der Waals surface area (Å²) >= 11 is 0. The van der Waals surface area contributed by atoms with Crippen molar-refractivity contribution < 1.29 is 0 Å². The van der Waals surface area contributed by atoms with Crippen LogP contribution in [0.15, 0.2) is 88.7 Å². The van der Waals surface area contributed by atoms with E-state index in [0.717, 1.165) is 40.0 Å². The van der Waals surface area contributed by atoms with Gasteiger partial charge in [0.1, 0.15) is 0 Å². The molecule has 2 aromatic carbocycles. The molecule has 0 saturated carbocycles. The van der Waals surface area contributed by atoms with Gasteiger partial charge in [0, 0.05) is 35.9 Å². The summed E-state index contributed by atoms with van der Waals surface area (Å²) in [5.74, 6) is 0. The Labute approximate surface area is 175 Å². The molecule has 0 N–H and O–H groups in total. The van der Waals surface area contributed by atoms with Crippen LogP contribution in [0, 0.1) is 13.8 Å². The Morgan fingerprint density at radius 3 is 1.93 bits per heavy atom. The van der Waals surface area contributed by atoms with Gasteiger partial charge in [-0.05, 0) is 72.4 Å². The molecule has 0 aliphatic carbocycles. The Morgan fingerprint density at radius 1 is 0.700 bits per heavy atom. The average Bonchev–Trinajstić information content (AvgIpc) is 2.77. The number of benzene rings is 2. The quantitative estimate of drug-likeness (QED) is 0.496. The highest BCUT2D eigenvalue weighted by Gasteiger charge is 2.09. The second-order valence-corrected chi connectivity index (χ2v) is 7.56. The van der Waals surface area contributed by atoms with E-state index in [9.17, 15) is 9.59 Å². The lowest BCUT2D eigenvalue weighted by Crippen LogP contribution is -2.18. The van der Waals surface area contributed by atoms with Gasteiger partial charge in [0.15, 0.2) is 0 Å². The fraction of sp³-hybridized carbons (Fsp3) is 0.154. The number of aryl methyl sites for hydroxylation is 3. The van der Waals surface area contributed by atoms with Crippen LogP contribution in [0.25, 0.3) is 22.5 Å². The predicted octanol–water partition coefficient (Wildman–Crippen LogP) is 4.83. The van der Waals surface area contributed by atoms with Crippen molar-refractivity contribution in [2.24, 2.45) is 0 Å². The average molecular weight is 396 g/mol. The lowest BCUT2D eigenvalue weighted by atomic mass is 10.0. The first-order valence-corrected chi connectivity index (χ1v) is 10.1. The fourth-order valence-corrected chi connectivity index (χ4v) is 3.64. The maximum atomic E-state index is 12.8. The van der Waals surface area contributed by atoms with Crippen LogP contribution >= 0.6 is 0 Å². The zero-order valence-electron chi connectivity index (χ0n) is 17.4. The van der Waals surface area contributed by atoms with Crippen molar-refractivity contribution in [3.8, 4) is 22.5 Å². The van der Waals surface area contributed by atoms with Gasteiger partial charge in [0.25, 0.3) is 11.1 Å². The molecule has 0 unspecified atom stereocenters. The van der Waals surface area contributed by atoms with E-state index in [2.05, 4.69) is 19.1 Å². The molecule has 0 fully saturated rings. The van der Waals surface area contributed by atoms with Crippen molar-refractivity contribution in [1.82, 2.24) is 9.13 Å². The van der Waals surface area contributed by atoms with Crippen LogP contribution < -0.4 is 11.1 Å². The van der Waals surface area contributed by atoms with Gasteiger partial charge < -0.3 is 0 Å². The van der Waals surface area contributed by atoms with E-state index in [1.807, 2.05) is 62.6 Å². The summed E-state index contributed by atoms with van der Waals surface area (Å²) in [6, 6.07) is 20.8. The highest BCUT2D eigenvalue weighted by Crippen LogP contribution is 2.24. The lowest BCUT2D eigenvalue weighted by molar-refractivity contribution is 0.972. The molecule has 30 heavy (non-hydrogen) atoms. The molecule has 0 saturated heterocycles.